The van der Waals surface area contributed by atoms with Gasteiger partial charge < -0.3 is 15.3 Å². The van der Waals surface area contributed by atoms with Crippen LogP contribution in [0.4, 0.5) is 10.5 Å². The number of carbonyl (C=O) groups excluding carboxylic acids is 1. The fraction of sp³-hybridized carbons (Fsp3) is 0.462. The molecule has 19 heavy (non-hydrogen) atoms. The van der Waals surface area contributed by atoms with Gasteiger partial charge in [-0.25, -0.2) is 4.79 Å². The summed E-state index contributed by atoms with van der Waals surface area (Å²) in [6.07, 6.45) is 1.94. The molecule has 0 aliphatic heterocycles. The van der Waals surface area contributed by atoms with Gasteiger partial charge in [-0.05, 0) is 38.3 Å². The van der Waals surface area contributed by atoms with Crippen LogP contribution in [0.3, 0.4) is 0 Å². The largest absolute Gasteiger partial charge is 0.389 e. The van der Waals surface area contributed by atoms with Crippen LogP contribution in [-0.4, -0.2) is 41.5 Å². The third-order valence-corrected chi connectivity index (χ3v) is 3.59. The van der Waals surface area contributed by atoms with Gasteiger partial charge in [0.05, 0.1) is 17.2 Å². The summed E-state index contributed by atoms with van der Waals surface area (Å²) in [6, 6.07) is 5.09. The molecule has 0 radical (unpaired) electrons. The molecular formula is C13H19ClN2O2S. The Labute approximate surface area is 123 Å². The summed E-state index contributed by atoms with van der Waals surface area (Å²) in [6.45, 7) is 3.55. The zero-order valence-electron chi connectivity index (χ0n) is 11.5. The summed E-state index contributed by atoms with van der Waals surface area (Å²) in [4.78, 5) is 14.3. The fourth-order valence-electron chi connectivity index (χ4n) is 1.62. The normalized spacial score (nSPS) is 11.3. The highest BCUT2D eigenvalue weighted by molar-refractivity contribution is 7.98. The highest BCUT2D eigenvalue weighted by atomic mass is 35.5. The standard InChI is InChI=1S/C13H19ClN2O2S/c1-13(2,18)8-16(3)12(17)15-9-5-6-11(19-4)10(14)7-9/h5-7,18H,8H2,1-4H3,(H,15,17). The molecule has 0 aliphatic carbocycles. The Kier molecular flexibility index (Phi) is 5.52. The molecule has 2 N–H and O–H groups in total. The van der Waals surface area contributed by atoms with Gasteiger partial charge in [0.25, 0.3) is 0 Å². The molecule has 6 heteroatoms. The van der Waals surface area contributed by atoms with Crippen molar-refractivity contribution < 1.29 is 9.90 Å². The van der Waals surface area contributed by atoms with Crippen molar-refractivity contribution in [3.05, 3.63) is 23.2 Å². The van der Waals surface area contributed by atoms with Crippen LogP contribution in [0, 0.1) is 0 Å². The maximum Gasteiger partial charge on any atom is 0.321 e. The van der Waals surface area contributed by atoms with Crippen molar-refractivity contribution in [3.63, 3.8) is 0 Å². The molecular weight excluding hydrogens is 284 g/mol. The summed E-state index contributed by atoms with van der Waals surface area (Å²) in [5, 5.41) is 13.0. The second kappa shape index (κ2) is 6.50. The van der Waals surface area contributed by atoms with Gasteiger partial charge in [-0.15, -0.1) is 11.8 Å². The molecule has 1 rings (SSSR count). The SMILES string of the molecule is CSc1ccc(NC(=O)N(C)CC(C)(C)O)cc1Cl. The van der Waals surface area contributed by atoms with E-state index < -0.39 is 5.60 Å². The molecule has 0 aromatic heterocycles. The molecule has 0 fully saturated rings. The molecule has 0 atom stereocenters. The predicted octanol–water partition coefficient (Wildman–Crippen LogP) is 3.30. The van der Waals surface area contributed by atoms with E-state index in [1.54, 1.807) is 44.8 Å². The monoisotopic (exact) mass is 302 g/mol. The van der Waals surface area contributed by atoms with Crippen molar-refractivity contribution in [1.82, 2.24) is 4.90 Å². The van der Waals surface area contributed by atoms with E-state index in [0.29, 0.717) is 10.7 Å². The number of urea groups is 1. The molecule has 0 bridgehead atoms. The van der Waals surface area contributed by atoms with E-state index in [4.69, 9.17) is 11.6 Å². The van der Waals surface area contributed by atoms with Crippen molar-refractivity contribution in [2.45, 2.75) is 24.3 Å². The number of benzene rings is 1. The van der Waals surface area contributed by atoms with Crippen LogP contribution >= 0.6 is 23.4 Å². The van der Waals surface area contributed by atoms with Crippen LogP contribution in [0.5, 0.6) is 0 Å². The lowest BCUT2D eigenvalue weighted by molar-refractivity contribution is 0.0550. The second-order valence-corrected chi connectivity index (χ2v) is 6.20. The number of hydrogen-bond donors (Lipinski definition) is 2. The Hall–Kier alpha value is -0.910. The van der Waals surface area contributed by atoms with Crippen LogP contribution in [0.25, 0.3) is 0 Å². The number of carbonyl (C=O) groups is 1. The molecule has 1 aromatic rings. The maximum absolute atomic E-state index is 11.9. The average molecular weight is 303 g/mol. The molecule has 106 valence electrons. The van der Waals surface area contributed by atoms with Crippen LogP contribution in [0.2, 0.25) is 5.02 Å². The maximum atomic E-state index is 11.9. The molecule has 0 saturated carbocycles. The second-order valence-electron chi connectivity index (χ2n) is 4.95. The van der Waals surface area contributed by atoms with Gasteiger partial charge in [-0.2, -0.15) is 0 Å². The molecule has 0 spiro atoms. The van der Waals surface area contributed by atoms with Gasteiger partial charge in [0.1, 0.15) is 0 Å². The van der Waals surface area contributed by atoms with Gasteiger partial charge in [-0.3, -0.25) is 0 Å². The van der Waals surface area contributed by atoms with Gasteiger partial charge in [-0.1, -0.05) is 11.6 Å². The molecule has 0 unspecified atom stereocenters. The number of rotatable bonds is 4. The zero-order chi connectivity index (χ0) is 14.6. The summed E-state index contributed by atoms with van der Waals surface area (Å²) >= 11 is 7.62. The topological polar surface area (TPSA) is 52.6 Å². The first-order valence-corrected chi connectivity index (χ1v) is 7.41. The molecule has 0 saturated heterocycles. The van der Waals surface area contributed by atoms with Crippen LogP contribution in [0.1, 0.15) is 13.8 Å². The number of thioether (sulfide) groups is 1. The van der Waals surface area contributed by atoms with Gasteiger partial charge >= 0.3 is 6.03 Å². The van der Waals surface area contributed by atoms with Crippen molar-refractivity contribution >= 4 is 35.1 Å². The Bertz CT molecular complexity index is 460. The van der Waals surface area contributed by atoms with Gasteiger partial charge in [0.15, 0.2) is 0 Å². The Morgan fingerprint density at radius 2 is 2.16 bits per heavy atom. The smallest absolute Gasteiger partial charge is 0.321 e. The van der Waals surface area contributed by atoms with Crippen molar-refractivity contribution in [2.75, 3.05) is 25.2 Å². The Morgan fingerprint density at radius 3 is 2.63 bits per heavy atom. The fourth-order valence-corrected chi connectivity index (χ4v) is 2.49. The first kappa shape index (κ1) is 16.1. The Balaban J connectivity index is 2.69. The van der Waals surface area contributed by atoms with Crippen LogP contribution in [0.15, 0.2) is 23.1 Å². The summed E-state index contributed by atoms with van der Waals surface area (Å²) < 4.78 is 0. The third kappa shape index (κ3) is 5.30. The van der Waals surface area contributed by atoms with Gasteiger partial charge in [0, 0.05) is 17.6 Å². The Morgan fingerprint density at radius 1 is 1.53 bits per heavy atom. The first-order valence-electron chi connectivity index (χ1n) is 5.81. The third-order valence-electron chi connectivity index (χ3n) is 2.37. The van der Waals surface area contributed by atoms with Crippen LogP contribution < -0.4 is 5.32 Å². The number of hydrogen-bond acceptors (Lipinski definition) is 3. The molecule has 4 nitrogen and oxygen atoms in total. The minimum absolute atomic E-state index is 0.245. The minimum atomic E-state index is -0.924. The minimum Gasteiger partial charge on any atom is -0.389 e. The van der Waals surface area contributed by atoms with Crippen molar-refractivity contribution in [2.24, 2.45) is 0 Å². The number of amides is 2. The number of likely N-dealkylation sites (N-methyl/N-ethyl adjacent to an activating group) is 1. The van der Waals surface area contributed by atoms with E-state index in [-0.39, 0.29) is 12.6 Å². The lowest BCUT2D eigenvalue weighted by Crippen LogP contribution is -2.41. The summed E-state index contributed by atoms with van der Waals surface area (Å²) in [7, 11) is 1.63. The predicted molar refractivity (Wildman–Crippen MR) is 81.2 cm³/mol. The van der Waals surface area contributed by atoms with E-state index in [2.05, 4.69) is 5.32 Å². The van der Waals surface area contributed by atoms with E-state index in [1.165, 1.54) is 4.90 Å². The van der Waals surface area contributed by atoms with E-state index >= 15 is 0 Å². The van der Waals surface area contributed by atoms with Crippen molar-refractivity contribution in [3.8, 4) is 0 Å². The molecule has 0 aliphatic rings. The highest BCUT2D eigenvalue weighted by Crippen LogP contribution is 2.28. The van der Waals surface area contributed by atoms with E-state index in [1.807, 2.05) is 12.3 Å². The quantitative estimate of drug-likeness (QED) is 0.839. The number of aliphatic hydroxyl groups is 1. The lowest BCUT2D eigenvalue weighted by Gasteiger charge is -2.25. The first-order chi connectivity index (χ1) is 8.73. The van der Waals surface area contributed by atoms with Gasteiger partial charge in [0.2, 0.25) is 0 Å². The summed E-state index contributed by atoms with van der Waals surface area (Å²) in [5.41, 5.74) is -0.290. The average Bonchev–Trinajstić information content (AvgIpc) is 2.27. The highest BCUT2D eigenvalue weighted by Gasteiger charge is 2.19. The number of halogens is 1. The number of anilines is 1. The molecule has 1 aromatic carbocycles. The lowest BCUT2D eigenvalue weighted by atomic mass is 10.1. The van der Waals surface area contributed by atoms with Crippen molar-refractivity contribution in [1.29, 1.82) is 0 Å². The summed E-state index contributed by atoms with van der Waals surface area (Å²) in [5.74, 6) is 0. The molecule has 0 heterocycles. The number of nitrogens with one attached hydrogen (secondary N) is 1. The van der Waals surface area contributed by atoms with E-state index in [0.717, 1.165) is 4.90 Å². The van der Waals surface area contributed by atoms with Crippen LogP contribution in [-0.2, 0) is 0 Å². The van der Waals surface area contributed by atoms with E-state index in [9.17, 15) is 9.90 Å². The molecule has 2 amide bonds. The zero-order valence-corrected chi connectivity index (χ0v) is 13.1. The number of nitrogens with zero attached hydrogens (tertiary/aromatic N) is 1.